The number of carbonyl (C=O) groups is 1. The molecule has 0 N–H and O–H groups in total. The van der Waals surface area contributed by atoms with Crippen molar-refractivity contribution in [2.75, 3.05) is 20.8 Å². The van der Waals surface area contributed by atoms with E-state index in [0.29, 0.717) is 17.9 Å². The van der Waals surface area contributed by atoms with Gasteiger partial charge in [-0.3, -0.25) is 4.79 Å². The fourth-order valence-corrected chi connectivity index (χ4v) is 1.35. The molecule has 0 atom stereocenters. The Labute approximate surface area is 95.7 Å². The molecular formula is C13H16O3. The molecule has 0 unspecified atom stereocenters. The van der Waals surface area contributed by atoms with Crippen molar-refractivity contribution in [2.45, 2.75) is 6.92 Å². The first-order valence-corrected chi connectivity index (χ1v) is 5.02. The van der Waals surface area contributed by atoms with Crippen LogP contribution in [0, 0.1) is 0 Å². The summed E-state index contributed by atoms with van der Waals surface area (Å²) in [6.45, 7) is 2.33. The summed E-state index contributed by atoms with van der Waals surface area (Å²) in [7, 11) is 3.18. The van der Waals surface area contributed by atoms with Crippen molar-refractivity contribution in [3.63, 3.8) is 0 Å². The molecule has 0 amide bonds. The SMILES string of the molecule is COCC(C)=CC(=O)c1cccc(OC)c1. The van der Waals surface area contributed by atoms with E-state index >= 15 is 0 Å². The van der Waals surface area contributed by atoms with Gasteiger partial charge in [0.25, 0.3) is 0 Å². The summed E-state index contributed by atoms with van der Waals surface area (Å²) in [6.07, 6.45) is 1.58. The lowest BCUT2D eigenvalue weighted by Crippen LogP contribution is -1.99. The average Bonchev–Trinajstić information content (AvgIpc) is 2.29. The summed E-state index contributed by atoms with van der Waals surface area (Å²) >= 11 is 0. The van der Waals surface area contributed by atoms with Gasteiger partial charge < -0.3 is 9.47 Å². The van der Waals surface area contributed by atoms with Gasteiger partial charge in [0.1, 0.15) is 5.75 Å². The molecular weight excluding hydrogens is 204 g/mol. The molecule has 0 fully saturated rings. The van der Waals surface area contributed by atoms with Crippen molar-refractivity contribution >= 4 is 5.78 Å². The van der Waals surface area contributed by atoms with Gasteiger partial charge in [-0.05, 0) is 30.7 Å². The van der Waals surface area contributed by atoms with Crippen LogP contribution in [0.15, 0.2) is 35.9 Å². The van der Waals surface area contributed by atoms with Gasteiger partial charge in [-0.15, -0.1) is 0 Å². The third-order valence-electron chi connectivity index (χ3n) is 2.10. The summed E-state index contributed by atoms with van der Waals surface area (Å²) in [5, 5.41) is 0. The standard InChI is InChI=1S/C13H16O3/c1-10(9-15-2)7-13(14)11-5-4-6-12(8-11)16-3/h4-8H,9H2,1-3H3. The highest BCUT2D eigenvalue weighted by molar-refractivity contribution is 6.05. The quantitative estimate of drug-likeness (QED) is 0.565. The van der Waals surface area contributed by atoms with Gasteiger partial charge in [0, 0.05) is 12.7 Å². The van der Waals surface area contributed by atoms with E-state index in [0.717, 1.165) is 5.57 Å². The maximum absolute atomic E-state index is 11.8. The maximum Gasteiger partial charge on any atom is 0.185 e. The van der Waals surface area contributed by atoms with E-state index in [1.807, 2.05) is 13.0 Å². The van der Waals surface area contributed by atoms with Gasteiger partial charge in [-0.25, -0.2) is 0 Å². The highest BCUT2D eigenvalue weighted by Gasteiger charge is 2.04. The van der Waals surface area contributed by atoms with E-state index in [1.165, 1.54) is 0 Å². The summed E-state index contributed by atoms with van der Waals surface area (Å²) in [4.78, 5) is 11.8. The van der Waals surface area contributed by atoms with Gasteiger partial charge in [0.05, 0.1) is 13.7 Å². The number of methoxy groups -OCH3 is 2. The third kappa shape index (κ3) is 3.51. The number of ketones is 1. The molecule has 3 heteroatoms. The number of rotatable bonds is 5. The Morgan fingerprint density at radius 3 is 2.75 bits per heavy atom. The molecule has 16 heavy (non-hydrogen) atoms. The van der Waals surface area contributed by atoms with Gasteiger partial charge in [-0.1, -0.05) is 12.1 Å². The lowest BCUT2D eigenvalue weighted by molar-refractivity contribution is 0.104. The monoisotopic (exact) mass is 220 g/mol. The fourth-order valence-electron chi connectivity index (χ4n) is 1.35. The normalized spacial score (nSPS) is 11.3. The number of hydrogen-bond acceptors (Lipinski definition) is 3. The van der Waals surface area contributed by atoms with E-state index in [2.05, 4.69) is 0 Å². The van der Waals surface area contributed by atoms with Crippen LogP contribution in [0.1, 0.15) is 17.3 Å². The van der Waals surface area contributed by atoms with Crippen molar-refractivity contribution in [1.82, 2.24) is 0 Å². The number of ether oxygens (including phenoxy) is 2. The maximum atomic E-state index is 11.8. The molecule has 0 saturated heterocycles. The number of carbonyl (C=O) groups excluding carboxylic acids is 1. The molecule has 0 aliphatic rings. The fraction of sp³-hybridized carbons (Fsp3) is 0.308. The van der Waals surface area contributed by atoms with Crippen LogP contribution in [0.4, 0.5) is 0 Å². The van der Waals surface area contributed by atoms with Gasteiger partial charge >= 0.3 is 0 Å². The molecule has 86 valence electrons. The zero-order chi connectivity index (χ0) is 12.0. The molecule has 3 nitrogen and oxygen atoms in total. The Balaban J connectivity index is 2.84. The molecule has 1 aromatic carbocycles. The second-order valence-electron chi connectivity index (χ2n) is 3.52. The topological polar surface area (TPSA) is 35.5 Å². The van der Waals surface area contributed by atoms with Crippen LogP contribution in [0.3, 0.4) is 0 Å². The minimum Gasteiger partial charge on any atom is -0.497 e. The molecule has 1 aromatic rings. The number of allylic oxidation sites excluding steroid dienone is 1. The molecule has 0 bridgehead atoms. The predicted octanol–water partition coefficient (Wildman–Crippen LogP) is 2.47. The minimum absolute atomic E-state index is 0.0338. The summed E-state index contributed by atoms with van der Waals surface area (Å²) in [5.41, 5.74) is 1.52. The lowest BCUT2D eigenvalue weighted by atomic mass is 10.1. The Morgan fingerprint density at radius 1 is 1.38 bits per heavy atom. The van der Waals surface area contributed by atoms with E-state index in [9.17, 15) is 4.79 Å². The molecule has 0 radical (unpaired) electrons. The molecule has 0 heterocycles. The van der Waals surface area contributed by atoms with Crippen molar-refractivity contribution in [3.05, 3.63) is 41.5 Å². The van der Waals surface area contributed by atoms with Gasteiger partial charge in [0.2, 0.25) is 0 Å². The van der Waals surface area contributed by atoms with Crippen LogP contribution < -0.4 is 4.74 Å². The molecule has 0 saturated carbocycles. The van der Waals surface area contributed by atoms with E-state index in [4.69, 9.17) is 9.47 Å². The number of benzene rings is 1. The van der Waals surface area contributed by atoms with Crippen LogP contribution in [-0.2, 0) is 4.74 Å². The largest absolute Gasteiger partial charge is 0.497 e. The molecule has 0 spiro atoms. The molecule has 0 aromatic heterocycles. The van der Waals surface area contributed by atoms with Crippen LogP contribution in [-0.4, -0.2) is 26.6 Å². The van der Waals surface area contributed by atoms with Crippen LogP contribution in [0.25, 0.3) is 0 Å². The molecule has 0 aliphatic carbocycles. The highest BCUT2D eigenvalue weighted by atomic mass is 16.5. The third-order valence-corrected chi connectivity index (χ3v) is 2.10. The van der Waals surface area contributed by atoms with Crippen LogP contribution >= 0.6 is 0 Å². The second kappa shape index (κ2) is 6.08. The van der Waals surface area contributed by atoms with Crippen molar-refractivity contribution in [1.29, 1.82) is 0 Å². The summed E-state index contributed by atoms with van der Waals surface area (Å²) in [5.74, 6) is 0.650. The second-order valence-corrected chi connectivity index (χ2v) is 3.52. The van der Waals surface area contributed by atoms with Crippen molar-refractivity contribution in [3.8, 4) is 5.75 Å². The minimum atomic E-state index is -0.0338. The Kier molecular flexibility index (Phi) is 4.73. The first kappa shape index (κ1) is 12.5. The Morgan fingerprint density at radius 2 is 2.12 bits per heavy atom. The van der Waals surface area contributed by atoms with Crippen LogP contribution in [0.2, 0.25) is 0 Å². The zero-order valence-corrected chi connectivity index (χ0v) is 9.82. The summed E-state index contributed by atoms with van der Waals surface area (Å²) < 4.78 is 10.00. The smallest absolute Gasteiger partial charge is 0.185 e. The highest BCUT2D eigenvalue weighted by Crippen LogP contribution is 2.13. The van der Waals surface area contributed by atoms with Crippen molar-refractivity contribution < 1.29 is 14.3 Å². The van der Waals surface area contributed by atoms with Crippen molar-refractivity contribution in [2.24, 2.45) is 0 Å². The van der Waals surface area contributed by atoms with E-state index in [-0.39, 0.29) is 5.78 Å². The first-order chi connectivity index (χ1) is 7.67. The zero-order valence-electron chi connectivity index (χ0n) is 9.82. The average molecular weight is 220 g/mol. The molecule has 0 aliphatic heterocycles. The molecule has 1 rings (SSSR count). The first-order valence-electron chi connectivity index (χ1n) is 5.02. The van der Waals surface area contributed by atoms with E-state index in [1.54, 1.807) is 38.5 Å². The Hall–Kier alpha value is -1.61. The Bertz CT molecular complexity index is 394. The lowest BCUT2D eigenvalue weighted by Gasteiger charge is -2.02. The van der Waals surface area contributed by atoms with E-state index < -0.39 is 0 Å². The van der Waals surface area contributed by atoms with Gasteiger partial charge in [-0.2, -0.15) is 0 Å². The number of hydrogen-bond donors (Lipinski definition) is 0. The predicted molar refractivity (Wildman–Crippen MR) is 63.0 cm³/mol. The van der Waals surface area contributed by atoms with Gasteiger partial charge in [0.15, 0.2) is 5.78 Å². The van der Waals surface area contributed by atoms with Crippen LogP contribution in [0.5, 0.6) is 5.75 Å². The summed E-state index contributed by atoms with van der Waals surface area (Å²) in [6, 6.07) is 7.09.